The Labute approximate surface area is 175 Å². The molecule has 0 saturated heterocycles. The average molecular weight is 410 g/mol. The molecule has 0 spiro atoms. The van der Waals surface area contributed by atoms with Gasteiger partial charge in [0.15, 0.2) is 0 Å². The zero-order valence-electron chi connectivity index (χ0n) is 16.5. The van der Waals surface area contributed by atoms with Crippen LogP contribution in [0.25, 0.3) is 5.57 Å². The van der Waals surface area contributed by atoms with Crippen LogP contribution in [0.3, 0.4) is 0 Å². The number of hydrogen-bond acceptors (Lipinski definition) is 4. The molecule has 0 N–H and O–H groups in total. The molecule has 0 saturated carbocycles. The van der Waals surface area contributed by atoms with Gasteiger partial charge in [0, 0.05) is 36.1 Å². The molecule has 0 bridgehead atoms. The van der Waals surface area contributed by atoms with Crippen molar-refractivity contribution >= 4 is 28.0 Å². The molecule has 1 aromatic heterocycles. The molecule has 0 amide bonds. The second kappa shape index (κ2) is 9.04. The van der Waals surface area contributed by atoms with Crippen molar-refractivity contribution in [2.75, 3.05) is 12.1 Å². The second-order valence-electron chi connectivity index (χ2n) is 6.69. The fourth-order valence-corrected chi connectivity index (χ4v) is 3.32. The monoisotopic (exact) mass is 409 g/mol. The molecule has 0 radical (unpaired) electrons. The fourth-order valence-electron chi connectivity index (χ4n) is 3.10. The van der Waals surface area contributed by atoms with E-state index in [0.29, 0.717) is 29.5 Å². The zero-order valence-corrected chi connectivity index (χ0v) is 17.3. The number of benzene rings is 1. The van der Waals surface area contributed by atoms with Gasteiger partial charge in [0.2, 0.25) is 5.95 Å². The number of aryl methyl sites for hydroxylation is 2. The maximum Gasteiger partial charge on any atom is 0.221 e. The van der Waals surface area contributed by atoms with E-state index in [-0.39, 0.29) is 5.56 Å². The molecule has 1 aromatic carbocycles. The van der Waals surface area contributed by atoms with E-state index in [2.05, 4.69) is 16.0 Å². The Hall–Kier alpha value is -2.94. The molecule has 148 valence electrons. The summed E-state index contributed by atoms with van der Waals surface area (Å²) >= 11 is 6.21. The lowest BCUT2D eigenvalue weighted by Crippen LogP contribution is -2.12. The van der Waals surface area contributed by atoms with Gasteiger partial charge in [-0.1, -0.05) is 29.7 Å². The third-order valence-corrected chi connectivity index (χ3v) is 4.69. The number of aromatic nitrogens is 1. The first-order chi connectivity index (χ1) is 13.9. The molecule has 0 fully saturated rings. The summed E-state index contributed by atoms with van der Waals surface area (Å²) in [4.78, 5) is 3.84. The first kappa shape index (κ1) is 20.8. The number of terminal acetylenes is 1. The van der Waals surface area contributed by atoms with Crippen molar-refractivity contribution in [2.45, 2.75) is 26.9 Å². The van der Waals surface area contributed by atoms with Crippen LogP contribution in [0.1, 0.15) is 28.8 Å². The van der Waals surface area contributed by atoms with Crippen LogP contribution in [0.5, 0.6) is 0 Å². The van der Waals surface area contributed by atoms with E-state index in [1.165, 1.54) is 0 Å². The average Bonchev–Trinajstić information content (AvgIpc) is 3.04. The van der Waals surface area contributed by atoms with Gasteiger partial charge in [-0.3, -0.25) is 0 Å². The predicted molar refractivity (Wildman–Crippen MR) is 116 cm³/mol. The first-order valence-corrected chi connectivity index (χ1v) is 9.43. The highest BCUT2D eigenvalue weighted by Crippen LogP contribution is 2.32. The lowest BCUT2D eigenvalue weighted by atomic mass is 10.1. The van der Waals surface area contributed by atoms with E-state index < -0.39 is 5.95 Å². The molecule has 0 unspecified atom stereocenters. The number of anilines is 1. The van der Waals surface area contributed by atoms with Crippen LogP contribution < -0.4 is 5.01 Å². The summed E-state index contributed by atoms with van der Waals surface area (Å²) in [6, 6.07) is 9.38. The highest BCUT2D eigenvalue weighted by molar-refractivity contribution is 6.66. The molecule has 4 nitrogen and oxygen atoms in total. The van der Waals surface area contributed by atoms with Crippen molar-refractivity contribution in [1.82, 2.24) is 4.98 Å². The van der Waals surface area contributed by atoms with Crippen molar-refractivity contribution in [3.05, 3.63) is 76.5 Å². The number of rotatable bonds is 5. The van der Waals surface area contributed by atoms with E-state index in [1.54, 1.807) is 37.3 Å². The van der Waals surface area contributed by atoms with Gasteiger partial charge in [0.1, 0.15) is 5.17 Å². The Morgan fingerprint density at radius 2 is 2.14 bits per heavy atom. The summed E-state index contributed by atoms with van der Waals surface area (Å²) in [5.41, 5.74) is 5.14. The van der Waals surface area contributed by atoms with E-state index in [1.807, 2.05) is 31.2 Å². The maximum atomic E-state index is 14.2. The van der Waals surface area contributed by atoms with Crippen LogP contribution in [0.4, 0.5) is 10.1 Å². The Bertz CT molecular complexity index is 1070. The van der Waals surface area contributed by atoms with Crippen molar-refractivity contribution in [1.29, 1.82) is 0 Å². The summed E-state index contributed by atoms with van der Waals surface area (Å²) in [6.45, 7) is 4.27. The Kier molecular flexibility index (Phi) is 6.48. The number of nitrogens with zero attached hydrogens (tertiary/aromatic N) is 3. The lowest BCUT2D eigenvalue weighted by Gasteiger charge is -2.19. The highest BCUT2D eigenvalue weighted by Gasteiger charge is 2.22. The predicted octanol–water partition coefficient (Wildman–Crippen LogP) is 5.35. The smallest absolute Gasteiger partial charge is 0.221 e. The zero-order chi connectivity index (χ0) is 21.0. The van der Waals surface area contributed by atoms with Crippen LogP contribution in [-0.4, -0.2) is 17.3 Å². The van der Waals surface area contributed by atoms with Crippen molar-refractivity contribution in [3.8, 4) is 12.3 Å². The molecule has 0 atom stereocenters. The summed E-state index contributed by atoms with van der Waals surface area (Å²) in [6.07, 6.45) is 9.59. The first-order valence-electron chi connectivity index (χ1n) is 9.05. The molecule has 2 aromatic rings. The molecule has 1 aliphatic heterocycles. The van der Waals surface area contributed by atoms with E-state index >= 15 is 0 Å². The minimum atomic E-state index is -0.588. The summed E-state index contributed by atoms with van der Waals surface area (Å²) < 4.78 is 19.4. The Balaban J connectivity index is 1.95. The van der Waals surface area contributed by atoms with Crippen LogP contribution in [0.15, 0.2) is 53.3 Å². The molecule has 1 aliphatic rings. The van der Waals surface area contributed by atoms with Crippen LogP contribution in [0.2, 0.25) is 0 Å². The van der Waals surface area contributed by atoms with E-state index in [0.717, 1.165) is 22.5 Å². The molecule has 3 rings (SSSR count). The van der Waals surface area contributed by atoms with Crippen molar-refractivity contribution in [3.63, 3.8) is 0 Å². The van der Waals surface area contributed by atoms with Gasteiger partial charge in [-0.2, -0.15) is 9.49 Å². The number of halogens is 2. The minimum Gasteiger partial charge on any atom is -0.380 e. The van der Waals surface area contributed by atoms with Crippen LogP contribution >= 0.6 is 11.6 Å². The number of hydrazone groups is 1. The van der Waals surface area contributed by atoms with E-state index in [9.17, 15) is 4.39 Å². The second-order valence-corrected chi connectivity index (χ2v) is 7.13. The van der Waals surface area contributed by atoms with Gasteiger partial charge in [-0.05, 0) is 55.3 Å². The molecule has 6 heteroatoms. The van der Waals surface area contributed by atoms with Gasteiger partial charge in [0.05, 0.1) is 12.3 Å². The number of ether oxygens (including phenoxy) is 1. The minimum absolute atomic E-state index is 0.284. The van der Waals surface area contributed by atoms with E-state index in [4.69, 9.17) is 22.8 Å². The molecule has 29 heavy (non-hydrogen) atoms. The SMILES string of the molecule is C#C/C(=C\C=C1/CC(Cl)=NN1c1ccc(COC)cc1C)c1ccc(C)nc1F. The number of allylic oxidation sites excluding steroid dienone is 4. The molecular formula is C23H21ClFN3O. The largest absolute Gasteiger partial charge is 0.380 e. The standard InChI is InChI=1S/C23H21ClFN3O/c1-5-18(20-10-6-16(3)26-23(20)25)8-9-19-13-22(24)27-28(19)21-11-7-17(14-29-4)12-15(21)2/h1,6-12H,13-14H2,2-4H3/b18-8+,19-9+. The van der Waals surface area contributed by atoms with Crippen molar-refractivity contribution in [2.24, 2.45) is 5.10 Å². The lowest BCUT2D eigenvalue weighted by molar-refractivity contribution is 0.185. The van der Waals surface area contributed by atoms with Gasteiger partial charge in [-0.25, -0.2) is 9.99 Å². The van der Waals surface area contributed by atoms with Crippen molar-refractivity contribution < 1.29 is 9.13 Å². The topological polar surface area (TPSA) is 37.7 Å². The van der Waals surface area contributed by atoms with Gasteiger partial charge in [-0.15, -0.1) is 6.42 Å². The summed E-state index contributed by atoms with van der Waals surface area (Å²) in [5.74, 6) is 1.95. The summed E-state index contributed by atoms with van der Waals surface area (Å²) in [5, 5.41) is 6.68. The van der Waals surface area contributed by atoms with Gasteiger partial charge in [0.25, 0.3) is 0 Å². The summed E-state index contributed by atoms with van der Waals surface area (Å²) in [7, 11) is 1.66. The third kappa shape index (κ3) is 4.73. The van der Waals surface area contributed by atoms with Gasteiger partial charge >= 0.3 is 0 Å². The number of methoxy groups -OCH3 is 1. The normalized spacial score (nSPS) is 15.6. The third-order valence-electron chi connectivity index (χ3n) is 4.48. The molecular weight excluding hydrogens is 389 g/mol. The fraction of sp³-hybridized carbons (Fsp3) is 0.217. The number of hydrogen-bond donors (Lipinski definition) is 0. The van der Waals surface area contributed by atoms with Crippen LogP contribution in [-0.2, 0) is 11.3 Å². The quantitative estimate of drug-likeness (QED) is 0.493. The molecule has 2 heterocycles. The Morgan fingerprint density at radius 1 is 1.34 bits per heavy atom. The van der Waals surface area contributed by atoms with Gasteiger partial charge < -0.3 is 4.74 Å². The Morgan fingerprint density at radius 3 is 2.79 bits per heavy atom. The van der Waals surface area contributed by atoms with Crippen LogP contribution in [0, 0.1) is 32.1 Å². The maximum absolute atomic E-state index is 14.2. The highest BCUT2D eigenvalue weighted by atomic mass is 35.5. The number of pyridine rings is 1. The molecule has 0 aliphatic carbocycles.